The molecule has 0 unspecified atom stereocenters. The van der Waals surface area contributed by atoms with Gasteiger partial charge in [0.25, 0.3) is 0 Å². The number of nitrogens with zero attached hydrogens (tertiary/aromatic N) is 2. The van der Waals surface area contributed by atoms with E-state index in [2.05, 4.69) is 10.2 Å². The summed E-state index contributed by atoms with van der Waals surface area (Å²) in [5, 5.41) is 7.04. The second-order valence-corrected chi connectivity index (χ2v) is 4.70. The van der Waals surface area contributed by atoms with Crippen LogP contribution in [0.4, 0.5) is 4.39 Å². The van der Waals surface area contributed by atoms with E-state index in [4.69, 9.17) is 17.0 Å². The molecule has 1 saturated carbocycles. The number of ether oxygens (including phenoxy) is 1. The minimum atomic E-state index is -0.335. The van der Waals surface area contributed by atoms with Crippen LogP contribution in [0.2, 0.25) is 0 Å². The second kappa shape index (κ2) is 4.20. The number of hydrogen-bond donors (Lipinski definition) is 1. The smallest absolute Gasteiger partial charge is 0.200 e. The molecule has 4 nitrogen and oxygen atoms in total. The van der Waals surface area contributed by atoms with Gasteiger partial charge in [-0.05, 0) is 37.2 Å². The van der Waals surface area contributed by atoms with Gasteiger partial charge in [-0.25, -0.2) is 4.39 Å². The largest absolute Gasteiger partial charge is 0.494 e. The van der Waals surface area contributed by atoms with Crippen molar-refractivity contribution in [1.29, 1.82) is 0 Å². The Morgan fingerprint density at radius 2 is 2.28 bits per heavy atom. The van der Waals surface area contributed by atoms with Crippen LogP contribution in [-0.2, 0) is 0 Å². The summed E-state index contributed by atoms with van der Waals surface area (Å²) in [6.45, 7) is 0. The third kappa shape index (κ3) is 1.82. The molecule has 1 heterocycles. The van der Waals surface area contributed by atoms with E-state index in [9.17, 15) is 4.39 Å². The summed E-state index contributed by atoms with van der Waals surface area (Å²) in [6.07, 6.45) is 2.23. The molecule has 1 fully saturated rings. The molecule has 0 amide bonds. The zero-order valence-electron chi connectivity index (χ0n) is 9.81. The lowest BCUT2D eigenvalue weighted by Gasteiger charge is -2.11. The normalized spacial score (nSPS) is 14.8. The molecule has 1 aromatic carbocycles. The summed E-state index contributed by atoms with van der Waals surface area (Å²) in [5.41, 5.74) is 0.722. The predicted octanol–water partition coefficient (Wildman–Crippen LogP) is 2.95. The molecule has 6 heteroatoms. The molecule has 0 spiro atoms. The van der Waals surface area contributed by atoms with Gasteiger partial charge in [0.2, 0.25) is 0 Å². The van der Waals surface area contributed by atoms with Crippen LogP contribution in [0, 0.1) is 10.6 Å². The monoisotopic (exact) mass is 265 g/mol. The van der Waals surface area contributed by atoms with Gasteiger partial charge in [0, 0.05) is 12.0 Å². The van der Waals surface area contributed by atoms with Crippen molar-refractivity contribution in [3.8, 4) is 11.4 Å². The number of methoxy groups -OCH3 is 1. The molecule has 0 aliphatic heterocycles. The van der Waals surface area contributed by atoms with Crippen LogP contribution in [0.3, 0.4) is 0 Å². The summed E-state index contributed by atoms with van der Waals surface area (Å²) < 4.78 is 20.7. The summed E-state index contributed by atoms with van der Waals surface area (Å²) in [7, 11) is 1.51. The van der Waals surface area contributed by atoms with Crippen molar-refractivity contribution in [3.63, 3.8) is 0 Å². The number of H-pyrrole nitrogens is 1. The molecule has 0 radical (unpaired) electrons. The van der Waals surface area contributed by atoms with Crippen molar-refractivity contribution >= 4 is 12.2 Å². The van der Waals surface area contributed by atoms with Crippen LogP contribution in [-0.4, -0.2) is 21.9 Å². The Hall–Kier alpha value is -1.69. The summed E-state index contributed by atoms with van der Waals surface area (Å²) in [4.78, 5) is 0. The number of nitrogens with one attached hydrogen (secondary N) is 1. The fourth-order valence-corrected chi connectivity index (χ4v) is 2.23. The predicted molar refractivity (Wildman–Crippen MR) is 67.2 cm³/mol. The van der Waals surface area contributed by atoms with Gasteiger partial charge in [0.05, 0.1) is 12.8 Å². The molecule has 0 bridgehead atoms. The van der Waals surface area contributed by atoms with Crippen molar-refractivity contribution in [1.82, 2.24) is 14.8 Å². The standard InChI is InChI=1S/C12H12FN3OS/c1-17-10-6-8(13)4-5-9(10)16-11(7-2-3-7)14-15-12(16)18/h4-7H,2-3H2,1H3,(H,15,18). The summed E-state index contributed by atoms with van der Waals surface area (Å²) in [5.74, 6) is 1.45. The lowest BCUT2D eigenvalue weighted by Crippen LogP contribution is -2.03. The molecular weight excluding hydrogens is 253 g/mol. The molecule has 1 N–H and O–H groups in total. The molecule has 2 aromatic rings. The fraction of sp³-hybridized carbons (Fsp3) is 0.333. The van der Waals surface area contributed by atoms with Gasteiger partial charge < -0.3 is 4.74 Å². The molecule has 18 heavy (non-hydrogen) atoms. The minimum Gasteiger partial charge on any atom is -0.494 e. The van der Waals surface area contributed by atoms with Gasteiger partial charge in [0.15, 0.2) is 4.77 Å². The molecule has 0 saturated heterocycles. The Kier molecular flexibility index (Phi) is 2.66. The third-order valence-electron chi connectivity index (χ3n) is 3.02. The fourth-order valence-electron chi connectivity index (χ4n) is 1.99. The molecule has 0 atom stereocenters. The highest BCUT2D eigenvalue weighted by atomic mass is 32.1. The van der Waals surface area contributed by atoms with E-state index in [1.54, 1.807) is 6.07 Å². The molecule has 1 aromatic heterocycles. The minimum absolute atomic E-state index is 0.335. The highest BCUT2D eigenvalue weighted by molar-refractivity contribution is 7.71. The third-order valence-corrected chi connectivity index (χ3v) is 3.30. The van der Waals surface area contributed by atoms with Crippen LogP contribution >= 0.6 is 12.2 Å². The van der Waals surface area contributed by atoms with Crippen LogP contribution in [0.15, 0.2) is 18.2 Å². The van der Waals surface area contributed by atoms with Gasteiger partial charge in [-0.1, -0.05) is 0 Å². The number of halogens is 1. The first kappa shape index (κ1) is 11.4. The van der Waals surface area contributed by atoms with Crippen LogP contribution in [0.25, 0.3) is 5.69 Å². The average Bonchev–Trinajstić information content (AvgIpc) is 3.14. The van der Waals surface area contributed by atoms with Crippen LogP contribution in [0.5, 0.6) is 5.75 Å². The number of rotatable bonds is 3. The quantitative estimate of drug-likeness (QED) is 0.868. The first-order valence-electron chi connectivity index (χ1n) is 5.72. The number of aromatic amines is 1. The second-order valence-electron chi connectivity index (χ2n) is 4.31. The van der Waals surface area contributed by atoms with Crippen molar-refractivity contribution < 1.29 is 9.13 Å². The lowest BCUT2D eigenvalue weighted by molar-refractivity contribution is 0.409. The maximum Gasteiger partial charge on any atom is 0.200 e. The highest BCUT2D eigenvalue weighted by Gasteiger charge is 2.30. The maximum absolute atomic E-state index is 13.2. The summed E-state index contributed by atoms with van der Waals surface area (Å²) >= 11 is 5.24. The van der Waals surface area contributed by atoms with Gasteiger partial charge in [0.1, 0.15) is 17.4 Å². The van der Waals surface area contributed by atoms with E-state index >= 15 is 0 Å². The molecular formula is C12H12FN3OS. The zero-order valence-corrected chi connectivity index (χ0v) is 10.6. The van der Waals surface area contributed by atoms with Gasteiger partial charge >= 0.3 is 0 Å². The van der Waals surface area contributed by atoms with Gasteiger partial charge in [-0.3, -0.25) is 9.67 Å². The van der Waals surface area contributed by atoms with E-state index < -0.39 is 0 Å². The van der Waals surface area contributed by atoms with Crippen molar-refractivity contribution in [2.45, 2.75) is 18.8 Å². The first-order chi connectivity index (χ1) is 8.70. The number of hydrogen-bond acceptors (Lipinski definition) is 3. The van der Waals surface area contributed by atoms with Crippen LogP contribution in [0.1, 0.15) is 24.6 Å². The Morgan fingerprint density at radius 1 is 1.50 bits per heavy atom. The Bertz CT molecular complexity index is 645. The average molecular weight is 265 g/mol. The molecule has 3 rings (SSSR count). The lowest BCUT2D eigenvalue weighted by atomic mass is 10.2. The van der Waals surface area contributed by atoms with Crippen molar-refractivity contribution in [3.05, 3.63) is 34.6 Å². The topological polar surface area (TPSA) is 42.8 Å². The maximum atomic E-state index is 13.2. The Labute approximate surface area is 108 Å². The molecule has 1 aliphatic rings. The van der Waals surface area contributed by atoms with Gasteiger partial charge in [-0.15, -0.1) is 0 Å². The Balaban J connectivity index is 2.20. The number of aromatic nitrogens is 3. The van der Waals surface area contributed by atoms with Crippen molar-refractivity contribution in [2.75, 3.05) is 7.11 Å². The Morgan fingerprint density at radius 3 is 2.94 bits per heavy atom. The van der Waals surface area contributed by atoms with Crippen LogP contribution < -0.4 is 4.74 Å². The number of benzene rings is 1. The van der Waals surface area contributed by atoms with E-state index in [0.29, 0.717) is 16.4 Å². The SMILES string of the molecule is COc1cc(F)ccc1-n1c(C2CC2)n[nH]c1=S. The van der Waals surface area contributed by atoms with Crippen molar-refractivity contribution in [2.24, 2.45) is 0 Å². The first-order valence-corrected chi connectivity index (χ1v) is 6.12. The summed E-state index contributed by atoms with van der Waals surface area (Å²) in [6, 6.07) is 4.40. The zero-order chi connectivity index (χ0) is 12.7. The van der Waals surface area contributed by atoms with E-state index in [1.807, 2.05) is 4.57 Å². The van der Waals surface area contributed by atoms with E-state index in [-0.39, 0.29) is 5.82 Å². The highest BCUT2D eigenvalue weighted by Crippen LogP contribution is 2.40. The molecule has 1 aliphatic carbocycles. The molecule has 94 valence electrons. The van der Waals surface area contributed by atoms with E-state index in [1.165, 1.54) is 19.2 Å². The van der Waals surface area contributed by atoms with Gasteiger partial charge in [-0.2, -0.15) is 5.10 Å². The van der Waals surface area contributed by atoms with E-state index in [0.717, 1.165) is 24.4 Å².